The van der Waals surface area contributed by atoms with E-state index in [4.69, 9.17) is 0 Å². The molecule has 2 aromatic rings. The lowest BCUT2D eigenvalue weighted by Gasteiger charge is -2.19. The van der Waals surface area contributed by atoms with Gasteiger partial charge in [0, 0.05) is 23.8 Å². The highest BCUT2D eigenvalue weighted by Crippen LogP contribution is 2.31. The molecule has 0 aliphatic carbocycles. The summed E-state index contributed by atoms with van der Waals surface area (Å²) in [5.74, 6) is 0.0466. The van der Waals surface area contributed by atoms with Crippen LogP contribution in [0.15, 0.2) is 46.9 Å². The van der Waals surface area contributed by atoms with Gasteiger partial charge in [-0.3, -0.25) is 9.10 Å². The van der Waals surface area contributed by atoms with Crippen molar-refractivity contribution in [1.29, 1.82) is 0 Å². The first-order valence-corrected chi connectivity index (χ1v) is 10.5. The van der Waals surface area contributed by atoms with Gasteiger partial charge in [-0.05, 0) is 47.9 Å². The fourth-order valence-corrected chi connectivity index (χ4v) is 3.83. The first kappa shape index (κ1) is 17.9. The number of fused-ring (bicyclic) bond motifs is 1. The third kappa shape index (κ3) is 3.88. The molecule has 0 atom stereocenters. The predicted molar refractivity (Wildman–Crippen MR) is 104 cm³/mol. The Morgan fingerprint density at radius 2 is 1.88 bits per heavy atom. The SMILES string of the molecule is CN(c1ccc(CC(=O)N2CCc3cc(Br)ccc32)cc1)S(C)(=O)=O. The summed E-state index contributed by atoms with van der Waals surface area (Å²) in [5, 5.41) is 0. The summed E-state index contributed by atoms with van der Waals surface area (Å²) < 4.78 is 25.4. The van der Waals surface area contributed by atoms with Crippen molar-refractivity contribution >= 4 is 43.2 Å². The number of carbonyl (C=O) groups is 1. The lowest BCUT2D eigenvalue weighted by Crippen LogP contribution is -2.30. The lowest BCUT2D eigenvalue weighted by molar-refractivity contribution is -0.117. The van der Waals surface area contributed by atoms with Crippen LogP contribution in [0.3, 0.4) is 0 Å². The molecule has 0 spiro atoms. The quantitative estimate of drug-likeness (QED) is 0.760. The molecular weight excluding hydrogens is 404 g/mol. The van der Waals surface area contributed by atoms with E-state index < -0.39 is 10.0 Å². The van der Waals surface area contributed by atoms with Crippen molar-refractivity contribution in [2.24, 2.45) is 0 Å². The Hall–Kier alpha value is -1.86. The van der Waals surface area contributed by atoms with Gasteiger partial charge in [0.2, 0.25) is 15.9 Å². The van der Waals surface area contributed by atoms with Gasteiger partial charge in [0.25, 0.3) is 0 Å². The van der Waals surface area contributed by atoms with E-state index in [0.29, 0.717) is 18.7 Å². The highest BCUT2D eigenvalue weighted by atomic mass is 79.9. The second kappa shape index (κ2) is 6.80. The molecule has 0 saturated carbocycles. The number of amides is 1. The summed E-state index contributed by atoms with van der Waals surface area (Å²) in [6.45, 7) is 0.694. The van der Waals surface area contributed by atoms with Gasteiger partial charge in [0.1, 0.15) is 0 Å². The fraction of sp³-hybridized carbons (Fsp3) is 0.278. The summed E-state index contributed by atoms with van der Waals surface area (Å²) in [7, 11) is -1.78. The van der Waals surface area contributed by atoms with Gasteiger partial charge in [0.05, 0.1) is 18.4 Å². The van der Waals surface area contributed by atoms with Gasteiger partial charge in [0.15, 0.2) is 0 Å². The molecule has 7 heteroatoms. The van der Waals surface area contributed by atoms with E-state index in [-0.39, 0.29) is 5.91 Å². The summed E-state index contributed by atoms with van der Waals surface area (Å²) >= 11 is 3.46. The fourth-order valence-electron chi connectivity index (χ4n) is 2.91. The number of halogens is 1. The van der Waals surface area contributed by atoms with Crippen molar-refractivity contribution in [2.75, 3.05) is 29.1 Å². The molecule has 1 aliphatic rings. The number of benzene rings is 2. The van der Waals surface area contributed by atoms with Crippen molar-refractivity contribution in [1.82, 2.24) is 0 Å². The van der Waals surface area contributed by atoms with Gasteiger partial charge < -0.3 is 4.90 Å². The van der Waals surface area contributed by atoms with Crippen LogP contribution in [0.4, 0.5) is 11.4 Å². The van der Waals surface area contributed by atoms with Gasteiger partial charge in [-0.15, -0.1) is 0 Å². The molecule has 2 aromatic carbocycles. The molecule has 0 saturated heterocycles. The molecule has 1 heterocycles. The van der Waals surface area contributed by atoms with Crippen LogP contribution in [-0.4, -0.2) is 34.2 Å². The summed E-state index contributed by atoms with van der Waals surface area (Å²) in [6.07, 6.45) is 2.31. The maximum atomic E-state index is 12.6. The third-order valence-electron chi connectivity index (χ3n) is 4.39. The van der Waals surface area contributed by atoms with Gasteiger partial charge >= 0.3 is 0 Å². The van der Waals surface area contributed by atoms with Crippen molar-refractivity contribution in [3.8, 4) is 0 Å². The number of rotatable bonds is 4. The van der Waals surface area contributed by atoms with E-state index >= 15 is 0 Å². The Labute approximate surface area is 156 Å². The van der Waals surface area contributed by atoms with E-state index in [1.54, 1.807) is 24.3 Å². The van der Waals surface area contributed by atoms with Crippen LogP contribution < -0.4 is 9.21 Å². The molecule has 0 fully saturated rings. The Morgan fingerprint density at radius 1 is 1.20 bits per heavy atom. The smallest absolute Gasteiger partial charge is 0.231 e. The Kier molecular flexibility index (Phi) is 4.88. The number of nitrogens with zero attached hydrogens (tertiary/aromatic N) is 2. The largest absolute Gasteiger partial charge is 0.312 e. The monoisotopic (exact) mass is 422 g/mol. The van der Waals surface area contributed by atoms with Crippen LogP contribution in [0.25, 0.3) is 0 Å². The van der Waals surface area contributed by atoms with Crippen LogP contribution in [0.5, 0.6) is 0 Å². The summed E-state index contributed by atoms with van der Waals surface area (Å²) in [6, 6.07) is 13.0. The van der Waals surface area contributed by atoms with Crippen molar-refractivity contribution in [3.05, 3.63) is 58.1 Å². The van der Waals surface area contributed by atoms with Gasteiger partial charge in [-0.1, -0.05) is 28.1 Å². The van der Waals surface area contributed by atoms with E-state index in [1.807, 2.05) is 17.0 Å². The number of carbonyl (C=O) groups excluding carboxylic acids is 1. The average molecular weight is 423 g/mol. The number of hydrogen-bond acceptors (Lipinski definition) is 3. The number of sulfonamides is 1. The van der Waals surface area contributed by atoms with Crippen molar-refractivity contribution < 1.29 is 13.2 Å². The van der Waals surface area contributed by atoms with Crippen LogP contribution in [0.2, 0.25) is 0 Å². The minimum absolute atomic E-state index is 0.0466. The van der Waals surface area contributed by atoms with Crippen LogP contribution in [0.1, 0.15) is 11.1 Å². The molecule has 25 heavy (non-hydrogen) atoms. The lowest BCUT2D eigenvalue weighted by atomic mass is 10.1. The highest BCUT2D eigenvalue weighted by molar-refractivity contribution is 9.10. The topological polar surface area (TPSA) is 57.7 Å². The normalized spacial score (nSPS) is 13.6. The first-order chi connectivity index (χ1) is 11.8. The molecule has 0 unspecified atom stereocenters. The Morgan fingerprint density at radius 3 is 2.52 bits per heavy atom. The maximum Gasteiger partial charge on any atom is 0.231 e. The first-order valence-electron chi connectivity index (χ1n) is 7.87. The minimum atomic E-state index is -3.29. The zero-order valence-corrected chi connectivity index (χ0v) is 16.5. The third-order valence-corrected chi connectivity index (χ3v) is 6.09. The minimum Gasteiger partial charge on any atom is -0.312 e. The van der Waals surface area contributed by atoms with E-state index in [2.05, 4.69) is 22.0 Å². The number of anilines is 2. The molecule has 1 aliphatic heterocycles. The molecule has 132 valence electrons. The van der Waals surface area contributed by atoms with E-state index in [9.17, 15) is 13.2 Å². The maximum absolute atomic E-state index is 12.6. The molecule has 0 aromatic heterocycles. The summed E-state index contributed by atoms with van der Waals surface area (Å²) in [5.41, 5.74) is 3.59. The van der Waals surface area contributed by atoms with Gasteiger partial charge in [-0.2, -0.15) is 0 Å². The molecule has 5 nitrogen and oxygen atoms in total. The van der Waals surface area contributed by atoms with Crippen LogP contribution in [0, 0.1) is 0 Å². The van der Waals surface area contributed by atoms with E-state index in [1.165, 1.54) is 16.9 Å². The van der Waals surface area contributed by atoms with Crippen LogP contribution >= 0.6 is 15.9 Å². The van der Waals surface area contributed by atoms with Gasteiger partial charge in [-0.25, -0.2) is 8.42 Å². The van der Waals surface area contributed by atoms with Crippen molar-refractivity contribution in [2.45, 2.75) is 12.8 Å². The average Bonchev–Trinajstić information content (AvgIpc) is 2.97. The zero-order chi connectivity index (χ0) is 18.2. The molecule has 0 bridgehead atoms. The Bertz CT molecular complexity index is 910. The standard InChI is InChI=1S/C18H19BrN2O3S/c1-20(25(2,23)24)16-6-3-13(4-7-16)11-18(22)21-10-9-14-12-15(19)5-8-17(14)21/h3-8,12H,9-11H2,1-2H3. The summed E-state index contributed by atoms with van der Waals surface area (Å²) in [4.78, 5) is 14.5. The molecule has 0 radical (unpaired) electrons. The van der Waals surface area contributed by atoms with E-state index in [0.717, 1.165) is 28.4 Å². The molecule has 0 N–H and O–H groups in total. The zero-order valence-electron chi connectivity index (χ0n) is 14.1. The van der Waals surface area contributed by atoms with Crippen LogP contribution in [-0.2, 0) is 27.7 Å². The second-order valence-electron chi connectivity index (χ2n) is 6.14. The molecule has 3 rings (SSSR count). The highest BCUT2D eigenvalue weighted by Gasteiger charge is 2.24. The van der Waals surface area contributed by atoms with Crippen molar-refractivity contribution in [3.63, 3.8) is 0 Å². The second-order valence-corrected chi connectivity index (χ2v) is 9.07. The predicted octanol–water partition coefficient (Wildman–Crippen LogP) is 2.98. The molecular formula is C18H19BrN2O3S. The molecule has 1 amide bonds. The number of hydrogen-bond donors (Lipinski definition) is 0. The Balaban J connectivity index is 1.73.